The van der Waals surface area contributed by atoms with Crippen LogP contribution in [0.5, 0.6) is 5.75 Å². The zero-order chi connectivity index (χ0) is 21.3. The van der Waals surface area contributed by atoms with Crippen LogP contribution in [0.3, 0.4) is 0 Å². The molecule has 0 unspecified atom stereocenters. The number of ether oxygens (including phenoxy) is 1. The maximum Gasteiger partial charge on any atom is 0.232 e. The molecule has 7 heteroatoms. The van der Waals surface area contributed by atoms with Gasteiger partial charge in [-0.1, -0.05) is 30.3 Å². The second-order valence-corrected chi connectivity index (χ2v) is 8.95. The SMILES string of the molecule is COc1ccccc1CCCNC(=O)CCCN(c1cccc(C)c1)S(C)(=O)=O. The Hall–Kier alpha value is -2.54. The van der Waals surface area contributed by atoms with Gasteiger partial charge in [0.2, 0.25) is 15.9 Å². The Morgan fingerprint density at radius 1 is 1.10 bits per heavy atom. The van der Waals surface area contributed by atoms with E-state index in [2.05, 4.69) is 5.32 Å². The van der Waals surface area contributed by atoms with E-state index in [4.69, 9.17) is 4.74 Å². The van der Waals surface area contributed by atoms with E-state index in [1.54, 1.807) is 13.2 Å². The molecule has 6 nitrogen and oxygen atoms in total. The van der Waals surface area contributed by atoms with E-state index in [9.17, 15) is 13.2 Å². The number of hydrogen-bond donors (Lipinski definition) is 1. The van der Waals surface area contributed by atoms with Gasteiger partial charge >= 0.3 is 0 Å². The number of nitrogens with one attached hydrogen (secondary N) is 1. The zero-order valence-corrected chi connectivity index (χ0v) is 18.2. The molecular weight excluding hydrogens is 388 g/mol. The van der Waals surface area contributed by atoms with Crippen molar-refractivity contribution in [3.8, 4) is 5.75 Å². The predicted octanol–water partition coefficient (Wildman–Crippen LogP) is 3.30. The summed E-state index contributed by atoms with van der Waals surface area (Å²) in [6, 6.07) is 15.2. The van der Waals surface area contributed by atoms with Crippen LogP contribution in [0.15, 0.2) is 48.5 Å². The molecule has 2 aromatic rings. The van der Waals surface area contributed by atoms with Crippen LogP contribution in [0.2, 0.25) is 0 Å². The summed E-state index contributed by atoms with van der Waals surface area (Å²) in [5.41, 5.74) is 2.74. The van der Waals surface area contributed by atoms with Crippen LogP contribution in [0, 0.1) is 6.92 Å². The monoisotopic (exact) mass is 418 g/mol. The molecule has 29 heavy (non-hydrogen) atoms. The lowest BCUT2D eigenvalue weighted by Gasteiger charge is -2.22. The number of carbonyl (C=O) groups excluding carboxylic acids is 1. The molecule has 0 aromatic heterocycles. The van der Waals surface area contributed by atoms with Gasteiger partial charge in [-0.3, -0.25) is 9.10 Å². The minimum atomic E-state index is -3.40. The van der Waals surface area contributed by atoms with Crippen LogP contribution in [0.1, 0.15) is 30.4 Å². The molecule has 0 heterocycles. The van der Waals surface area contributed by atoms with Gasteiger partial charge in [-0.2, -0.15) is 0 Å². The summed E-state index contributed by atoms with van der Waals surface area (Å²) in [5.74, 6) is 0.790. The summed E-state index contributed by atoms with van der Waals surface area (Å²) in [6.07, 6.45) is 3.56. The average Bonchev–Trinajstić information content (AvgIpc) is 2.68. The highest BCUT2D eigenvalue weighted by Crippen LogP contribution is 2.20. The minimum absolute atomic E-state index is 0.0669. The second kappa shape index (κ2) is 10.9. The molecule has 0 bridgehead atoms. The van der Waals surface area contributed by atoms with Crippen LogP contribution in [-0.4, -0.2) is 40.8 Å². The number of benzene rings is 2. The summed E-state index contributed by atoms with van der Waals surface area (Å²) >= 11 is 0. The fourth-order valence-corrected chi connectivity index (χ4v) is 4.11. The van der Waals surface area contributed by atoms with Crippen molar-refractivity contribution in [2.75, 3.05) is 30.8 Å². The molecule has 0 aliphatic rings. The van der Waals surface area contributed by atoms with E-state index in [0.717, 1.165) is 29.7 Å². The first-order valence-electron chi connectivity index (χ1n) is 9.74. The van der Waals surface area contributed by atoms with E-state index in [0.29, 0.717) is 18.7 Å². The number of para-hydroxylation sites is 1. The van der Waals surface area contributed by atoms with E-state index < -0.39 is 10.0 Å². The number of rotatable bonds is 11. The second-order valence-electron chi connectivity index (χ2n) is 7.04. The predicted molar refractivity (Wildman–Crippen MR) is 117 cm³/mol. The molecular formula is C22H30N2O4S. The number of sulfonamides is 1. The highest BCUT2D eigenvalue weighted by atomic mass is 32.2. The van der Waals surface area contributed by atoms with E-state index in [1.807, 2.05) is 49.4 Å². The van der Waals surface area contributed by atoms with Crippen molar-refractivity contribution in [1.29, 1.82) is 0 Å². The normalized spacial score (nSPS) is 11.1. The Balaban J connectivity index is 1.76. The van der Waals surface area contributed by atoms with Crippen LogP contribution >= 0.6 is 0 Å². The number of carbonyl (C=O) groups is 1. The van der Waals surface area contributed by atoms with Crippen molar-refractivity contribution in [3.05, 3.63) is 59.7 Å². The van der Waals surface area contributed by atoms with Gasteiger partial charge in [0.25, 0.3) is 0 Å². The quantitative estimate of drug-likeness (QED) is 0.568. The van der Waals surface area contributed by atoms with Gasteiger partial charge in [-0.15, -0.1) is 0 Å². The Kier molecular flexibility index (Phi) is 8.51. The molecule has 0 spiro atoms. The largest absolute Gasteiger partial charge is 0.496 e. The van der Waals surface area contributed by atoms with Crippen LogP contribution < -0.4 is 14.4 Å². The first kappa shape index (κ1) is 22.7. The molecule has 0 saturated heterocycles. The highest BCUT2D eigenvalue weighted by molar-refractivity contribution is 7.92. The van der Waals surface area contributed by atoms with Crippen molar-refractivity contribution in [1.82, 2.24) is 5.32 Å². The number of nitrogens with zero attached hydrogens (tertiary/aromatic N) is 1. The highest BCUT2D eigenvalue weighted by Gasteiger charge is 2.17. The van der Waals surface area contributed by atoms with Gasteiger partial charge < -0.3 is 10.1 Å². The van der Waals surface area contributed by atoms with Gasteiger partial charge in [0.05, 0.1) is 19.1 Å². The summed E-state index contributed by atoms with van der Waals surface area (Å²) in [4.78, 5) is 12.1. The van der Waals surface area contributed by atoms with E-state index in [-0.39, 0.29) is 18.9 Å². The Bertz CT molecular complexity index is 913. The lowest BCUT2D eigenvalue weighted by molar-refractivity contribution is -0.121. The van der Waals surface area contributed by atoms with Gasteiger partial charge in [0, 0.05) is 19.5 Å². The third-order valence-corrected chi connectivity index (χ3v) is 5.79. The fraction of sp³-hybridized carbons (Fsp3) is 0.409. The number of methoxy groups -OCH3 is 1. The summed E-state index contributed by atoms with van der Waals surface area (Å²) in [6.45, 7) is 2.77. The third-order valence-electron chi connectivity index (χ3n) is 4.59. The molecule has 158 valence electrons. The molecule has 2 rings (SSSR count). The van der Waals surface area contributed by atoms with Crippen molar-refractivity contribution >= 4 is 21.6 Å². The van der Waals surface area contributed by atoms with Gasteiger partial charge in [0.15, 0.2) is 0 Å². The Labute approximate surface area is 173 Å². The molecule has 0 aliphatic carbocycles. The first-order chi connectivity index (χ1) is 13.8. The molecule has 0 fully saturated rings. The molecule has 0 aliphatic heterocycles. The lowest BCUT2D eigenvalue weighted by Crippen LogP contribution is -2.32. The number of amides is 1. The van der Waals surface area contributed by atoms with Gasteiger partial charge in [-0.25, -0.2) is 8.42 Å². The first-order valence-corrected chi connectivity index (χ1v) is 11.6. The molecule has 0 saturated carbocycles. The minimum Gasteiger partial charge on any atom is -0.496 e. The fourth-order valence-electron chi connectivity index (χ4n) is 3.16. The summed E-state index contributed by atoms with van der Waals surface area (Å²) < 4.78 is 30.9. The maximum atomic E-state index is 12.1. The standard InChI is InChI=1S/C22H30N2O4S/c1-18-9-6-12-20(17-18)24(29(3,26)27)16-8-14-22(25)23-15-7-11-19-10-4-5-13-21(19)28-2/h4-6,9-10,12-13,17H,7-8,11,14-16H2,1-3H3,(H,23,25). The van der Waals surface area contributed by atoms with Crippen molar-refractivity contribution in [3.63, 3.8) is 0 Å². The Morgan fingerprint density at radius 2 is 1.86 bits per heavy atom. The van der Waals surface area contributed by atoms with Crippen molar-refractivity contribution in [2.45, 2.75) is 32.6 Å². The topological polar surface area (TPSA) is 75.7 Å². The molecule has 1 amide bonds. The molecule has 0 radical (unpaired) electrons. The van der Waals surface area contributed by atoms with Gasteiger partial charge in [-0.05, 0) is 55.5 Å². The van der Waals surface area contributed by atoms with Crippen LogP contribution in [0.4, 0.5) is 5.69 Å². The van der Waals surface area contributed by atoms with Gasteiger partial charge in [0.1, 0.15) is 5.75 Å². The van der Waals surface area contributed by atoms with E-state index >= 15 is 0 Å². The summed E-state index contributed by atoms with van der Waals surface area (Å²) in [7, 11) is -1.75. The number of aryl methyl sites for hydroxylation is 2. The van der Waals surface area contributed by atoms with Crippen molar-refractivity contribution in [2.24, 2.45) is 0 Å². The third kappa shape index (κ3) is 7.42. The molecule has 2 aromatic carbocycles. The van der Waals surface area contributed by atoms with E-state index in [1.165, 1.54) is 10.6 Å². The van der Waals surface area contributed by atoms with Crippen molar-refractivity contribution < 1.29 is 17.9 Å². The smallest absolute Gasteiger partial charge is 0.232 e. The number of hydrogen-bond acceptors (Lipinski definition) is 4. The number of anilines is 1. The molecule has 0 atom stereocenters. The Morgan fingerprint density at radius 3 is 2.55 bits per heavy atom. The lowest BCUT2D eigenvalue weighted by atomic mass is 10.1. The maximum absolute atomic E-state index is 12.1. The van der Waals surface area contributed by atoms with Crippen LogP contribution in [-0.2, 0) is 21.2 Å². The zero-order valence-electron chi connectivity index (χ0n) is 17.3. The average molecular weight is 419 g/mol. The molecule has 1 N–H and O–H groups in total. The summed E-state index contributed by atoms with van der Waals surface area (Å²) in [5, 5.41) is 2.90. The van der Waals surface area contributed by atoms with Crippen LogP contribution in [0.25, 0.3) is 0 Å².